The highest BCUT2D eigenvalue weighted by Gasteiger charge is 2.23. The minimum absolute atomic E-state index is 0.0304. The first kappa shape index (κ1) is 25.5. The molecule has 0 saturated carbocycles. The molecule has 0 radical (unpaired) electrons. The van der Waals surface area contributed by atoms with Crippen LogP contribution in [0.3, 0.4) is 0 Å². The first-order valence-corrected chi connectivity index (χ1v) is 12.2. The van der Waals surface area contributed by atoms with Crippen molar-refractivity contribution in [2.24, 2.45) is 0 Å². The number of methoxy groups -OCH3 is 1. The Morgan fingerprint density at radius 1 is 0.941 bits per heavy atom. The Bertz CT molecular complexity index is 1100. The van der Waals surface area contributed by atoms with Gasteiger partial charge in [0, 0.05) is 30.8 Å². The monoisotopic (exact) mass is 479 g/mol. The van der Waals surface area contributed by atoms with Crippen LogP contribution in [-0.4, -0.2) is 48.5 Å². The van der Waals surface area contributed by atoms with E-state index in [1.54, 1.807) is 18.4 Å². The Kier molecular flexibility index (Phi) is 9.24. The van der Waals surface area contributed by atoms with Crippen LogP contribution in [0.15, 0.2) is 60.0 Å². The van der Waals surface area contributed by atoms with Gasteiger partial charge in [0.2, 0.25) is 5.91 Å². The average molecular weight is 480 g/mol. The van der Waals surface area contributed by atoms with Crippen molar-refractivity contribution in [1.82, 2.24) is 9.80 Å². The van der Waals surface area contributed by atoms with E-state index in [1.807, 2.05) is 72.7 Å². The number of benzene rings is 2. The second kappa shape index (κ2) is 12.3. The number of carbonyl (C=O) groups excluding carboxylic acids is 2. The zero-order chi connectivity index (χ0) is 24.5. The molecule has 0 saturated heterocycles. The molecule has 0 unspecified atom stereocenters. The van der Waals surface area contributed by atoms with Gasteiger partial charge in [-0.1, -0.05) is 48.0 Å². The SMILES string of the molecule is COCCN(CC(=O)N(Cc1ccccc1)Cc1sccc1C)C(=O)Nc1ccc(C)cc1C. The van der Waals surface area contributed by atoms with Crippen LogP contribution in [0.1, 0.15) is 27.1 Å². The van der Waals surface area contributed by atoms with E-state index in [2.05, 4.69) is 18.3 Å². The second-order valence-electron chi connectivity index (χ2n) is 8.43. The van der Waals surface area contributed by atoms with Gasteiger partial charge in [-0.15, -0.1) is 11.3 Å². The molecule has 34 heavy (non-hydrogen) atoms. The van der Waals surface area contributed by atoms with E-state index in [4.69, 9.17) is 4.74 Å². The smallest absolute Gasteiger partial charge is 0.322 e. The van der Waals surface area contributed by atoms with Gasteiger partial charge in [0.05, 0.1) is 13.2 Å². The largest absolute Gasteiger partial charge is 0.383 e. The highest BCUT2D eigenvalue weighted by molar-refractivity contribution is 7.10. The number of amides is 3. The summed E-state index contributed by atoms with van der Waals surface area (Å²) in [5.74, 6) is -0.108. The van der Waals surface area contributed by atoms with E-state index in [-0.39, 0.29) is 18.5 Å². The molecule has 0 atom stereocenters. The third-order valence-corrected chi connectivity index (χ3v) is 6.68. The lowest BCUT2D eigenvalue weighted by Gasteiger charge is -2.28. The van der Waals surface area contributed by atoms with E-state index < -0.39 is 0 Å². The molecular formula is C27H33N3O3S. The highest BCUT2D eigenvalue weighted by atomic mass is 32.1. The summed E-state index contributed by atoms with van der Waals surface area (Å²) in [6, 6.07) is 17.5. The number of thiophene rings is 1. The van der Waals surface area contributed by atoms with Crippen LogP contribution < -0.4 is 5.32 Å². The predicted molar refractivity (Wildman–Crippen MR) is 138 cm³/mol. The molecule has 6 nitrogen and oxygen atoms in total. The van der Waals surface area contributed by atoms with Gasteiger partial charge in [-0.3, -0.25) is 4.79 Å². The van der Waals surface area contributed by atoms with Crippen LogP contribution in [0.25, 0.3) is 0 Å². The molecular weight excluding hydrogens is 446 g/mol. The number of hydrogen-bond donors (Lipinski definition) is 1. The molecule has 180 valence electrons. The Balaban J connectivity index is 1.77. The Morgan fingerprint density at radius 2 is 1.71 bits per heavy atom. The number of carbonyl (C=O) groups is 2. The van der Waals surface area contributed by atoms with Crippen molar-refractivity contribution in [3.05, 3.63) is 87.1 Å². The van der Waals surface area contributed by atoms with Crippen LogP contribution in [0.5, 0.6) is 0 Å². The molecule has 0 aliphatic rings. The molecule has 3 rings (SSSR count). The lowest BCUT2D eigenvalue weighted by atomic mass is 10.1. The van der Waals surface area contributed by atoms with Crippen LogP contribution >= 0.6 is 11.3 Å². The topological polar surface area (TPSA) is 61.9 Å². The summed E-state index contributed by atoms with van der Waals surface area (Å²) in [5.41, 5.74) is 5.06. The summed E-state index contributed by atoms with van der Waals surface area (Å²) >= 11 is 1.64. The summed E-state index contributed by atoms with van der Waals surface area (Å²) in [6.45, 7) is 7.64. The summed E-state index contributed by atoms with van der Waals surface area (Å²) in [6.07, 6.45) is 0. The minimum Gasteiger partial charge on any atom is -0.383 e. The molecule has 3 aromatic rings. The molecule has 0 aliphatic carbocycles. The Labute approximate surface area is 206 Å². The van der Waals surface area contributed by atoms with Crippen molar-refractivity contribution in [1.29, 1.82) is 0 Å². The molecule has 0 spiro atoms. The number of rotatable bonds is 10. The molecule has 1 N–H and O–H groups in total. The Morgan fingerprint density at radius 3 is 2.35 bits per heavy atom. The number of urea groups is 1. The second-order valence-corrected chi connectivity index (χ2v) is 9.43. The fourth-order valence-corrected chi connectivity index (χ4v) is 4.56. The van der Waals surface area contributed by atoms with E-state index in [0.717, 1.165) is 27.3 Å². The van der Waals surface area contributed by atoms with Crippen molar-refractivity contribution < 1.29 is 14.3 Å². The normalized spacial score (nSPS) is 10.7. The van der Waals surface area contributed by atoms with Gasteiger partial charge < -0.3 is 19.9 Å². The van der Waals surface area contributed by atoms with Crippen molar-refractivity contribution >= 4 is 29.0 Å². The number of hydrogen-bond acceptors (Lipinski definition) is 4. The van der Waals surface area contributed by atoms with Crippen LogP contribution in [-0.2, 0) is 22.6 Å². The van der Waals surface area contributed by atoms with Gasteiger partial charge in [-0.05, 0) is 55.0 Å². The summed E-state index contributed by atoms with van der Waals surface area (Å²) in [4.78, 5) is 31.1. The lowest BCUT2D eigenvalue weighted by Crippen LogP contribution is -2.45. The summed E-state index contributed by atoms with van der Waals surface area (Å²) in [5, 5.41) is 5.00. The maximum atomic E-state index is 13.5. The van der Waals surface area contributed by atoms with E-state index >= 15 is 0 Å². The van der Waals surface area contributed by atoms with Gasteiger partial charge >= 0.3 is 6.03 Å². The number of nitrogens with zero attached hydrogens (tertiary/aromatic N) is 2. The first-order valence-electron chi connectivity index (χ1n) is 11.3. The Hall–Kier alpha value is -3.16. The maximum Gasteiger partial charge on any atom is 0.322 e. The van der Waals surface area contributed by atoms with Crippen LogP contribution in [0.4, 0.5) is 10.5 Å². The van der Waals surface area contributed by atoms with Gasteiger partial charge in [0.25, 0.3) is 0 Å². The van der Waals surface area contributed by atoms with Crippen molar-refractivity contribution in [3.8, 4) is 0 Å². The first-order chi connectivity index (χ1) is 16.4. The number of ether oxygens (including phenoxy) is 1. The van der Waals surface area contributed by atoms with E-state index in [9.17, 15) is 9.59 Å². The van der Waals surface area contributed by atoms with Crippen molar-refractivity contribution in [3.63, 3.8) is 0 Å². The molecule has 7 heteroatoms. The van der Waals surface area contributed by atoms with Crippen molar-refractivity contribution in [2.45, 2.75) is 33.9 Å². The van der Waals surface area contributed by atoms with E-state index in [0.29, 0.717) is 26.2 Å². The van der Waals surface area contributed by atoms with Crippen LogP contribution in [0, 0.1) is 20.8 Å². The number of anilines is 1. The number of aryl methyl sites for hydroxylation is 3. The summed E-state index contributed by atoms with van der Waals surface area (Å²) in [7, 11) is 1.59. The average Bonchev–Trinajstić information content (AvgIpc) is 3.22. The molecule has 3 amide bonds. The highest BCUT2D eigenvalue weighted by Crippen LogP contribution is 2.20. The minimum atomic E-state index is -0.315. The lowest BCUT2D eigenvalue weighted by molar-refractivity contribution is -0.133. The fraction of sp³-hybridized carbons (Fsp3) is 0.333. The molecule has 1 aromatic heterocycles. The molecule has 1 heterocycles. The van der Waals surface area contributed by atoms with E-state index in [1.165, 1.54) is 10.5 Å². The molecule has 0 bridgehead atoms. The van der Waals surface area contributed by atoms with Gasteiger partial charge in [0.1, 0.15) is 6.54 Å². The van der Waals surface area contributed by atoms with Gasteiger partial charge in [-0.2, -0.15) is 0 Å². The summed E-state index contributed by atoms with van der Waals surface area (Å²) < 4.78 is 5.21. The molecule has 0 aliphatic heterocycles. The quantitative estimate of drug-likeness (QED) is 0.425. The number of nitrogens with one attached hydrogen (secondary N) is 1. The zero-order valence-corrected chi connectivity index (χ0v) is 21.2. The molecule has 2 aromatic carbocycles. The van der Waals surface area contributed by atoms with Gasteiger partial charge in [-0.25, -0.2) is 4.79 Å². The van der Waals surface area contributed by atoms with Crippen LogP contribution in [0.2, 0.25) is 0 Å². The predicted octanol–water partition coefficient (Wildman–Crippen LogP) is 5.38. The fourth-order valence-electron chi connectivity index (χ4n) is 3.64. The van der Waals surface area contributed by atoms with Gasteiger partial charge in [0.15, 0.2) is 0 Å². The van der Waals surface area contributed by atoms with Crippen molar-refractivity contribution in [2.75, 3.05) is 32.1 Å². The third kappa shape index (κ3) is 7.17. The third-order valence-electron chi connectivity index (χ3n) is 5.67. The standard InChI is InChI=1S/C27H33N3O3S/c1-20-10-11-24(22(3)16-20)28-27(32)29(13-14-33-4)19-26(31)30(17-23-8-6-5-7-9-23)18-25-21(2)12-15-34-25/h5-12,15-16H,13-14,17-19H2,1-4H3,(H,28,32). The zero-order valence-electron chi connectivity index (χ0n) is 20.3. The maximum absolute atomic E-state index is 13.5. The molecule has 0 fully saturated rings.